The van der Waals surface area contributed by atoms with Gasteiger partial charge in [-0.05, 0) is 28.1 Å². The SMILES string of the molecule is CO/C(=C\C#N)c1ccc(Br)o1. The predicted octanol–water partition coefficient (Wildman–Crippen LogP) is 2.55. The summed E-state index contributed by atoms with van der Waals surface area (Å²) in [4.78, 5) is 0. The summed E-state index contributed by atoms with van der Waals surface area (Å²) in [6.07, 6.45) is 1.28. The quantitative estimate of drug-likeness (QED) is 0.577. The lowest BCUT2D eigenvalue weighted by molar-refractivity contribution is 0.350. The molecular formula is C8H6BrNO2. The van der Waals surface area contributed by atoms with E-state index in [0.29, 0.717) is 16.2 Å². The number of ether oxygens (including phenoxy) is 1. The predicted molar refractivity (Wildman–Crippen MR) is 47.0 cm³/mol. The van der Waals surface area contributed by atoms with Crippen molar-refractivity contribution in [3.05, 3.63) is 28.6 Å². The Kier molecular flexibility index (Phi) is 2.94. The van der Waals surface area contributed by atoms with Crippen molar-refractivity contribution in [2.24, 2.45) is 0 Å². The molecule has 0 unspecified atom stereocenters. The molecule has 0 radical (unpaired) electrons. The minimum atomic E-state index is 0.420. The fourth-order valence-electron chi connectivity index (χ4n) is 0.736. The molecule has 0 aromatic carbocycles. The largest absolute Gasteiger partial charge is 0.492 e. The Hall–Kier alpha value is -1.21. The Morgan fingerprint density at radius 3 is 2.92 bits per heavy atom. The van der Waals surface area contributed by atoms with Gasteiger partial charge in [-0.25, -0.2) is 0 Å². The van der Waals surface area contributed by atoms with Gasteiger partial charge in [0.25, 0.3) is 0 Å². The molecule has 0 aliphatic heterocycles. The maximum atomic E-state index is 8.38. The van der Waals surface area contributed by atoms with Crippen molar-refractivity contribution in [2.45, 2.75) is 0 Å². The van der Waals surface area contributed by atoms with Crippen molar-refractivity contribution < 1.29 is 9.15 Å². The summed E-state index contributed by atoms with van der Waals surface area (Å²) in [7, 11) is 1.49. The molecule has 0 aliphatic carbocycles. The smallest absolute Gasteiger partial charge is 0.171 e. The Morgan fingerprint density at radius 1 is 1.75 bits per heavy atom. The molecule has 12 heavy (non-hydrogen) atoms. The van der Waals surface area contributed by atoms with Crippen LogP contribution in [0, 0.1) is 11.3 Å². The molecule has 0 bridgehead atoms. The summed E-state index contributed by atoms with van der Waals surface area (Å²) in [5, 5.41) is 8.38. The highest BCUT2D eigenvalue weighted by atomic mass is 79.9. The van der Waals surface area contributed by atoms with E-state index in [1.807, 2.05) is 6.07 Å². The second-order valence-corrected chi connectivity index (χ2v) is 2.73. The van der Waals surface area contributed by atoms with Crippen LogP contribution in [0.1, 0.15) is 5.76 Å². The van der Waals surface area contributed by atoms with Crippen molar-refractivity contribution in [1.82, 2.24) is 0 Å². The average Bonchev–Trinajstić information content (AvgIpc) is 2.47. The topological polar surface area (TPSA) is 46.2 Å². The molecule has 1 aromatic heterocycles. The Bertz CT molecular complexity index is 335. The van der Waals surface area contributed by atoms with Crippen LogP contribution in [0.5, 0.6) is 0 Å². The maximum Gasteiger partial charge on any atom is 0.171 e. The van der Waals surface area contributed by atoms with Crippen LogP contribution >= 0.6 is 15.9 Å². The summed E-state index contributed by atoms with van der Waals surface area (Å²) < 4.78 is 10.7. The van der Waals surface area contributed by atoms with E-state index in [9.17, 15) is 0 Å². The number of halogens is 1. The molecule has 0 saturated heterocycles. The molecule has 3 nitrogen and oxygen atoms in total. The summed E-state index contributed by atoms with van der Waals surface area (Å²) in [5.41, 5.74) is 0. The molecule has 1 rings (SSSR count). The monoisotopic (exact) mass is 227 g/mol. The van der Waals surface area contributed by atoms with Gasteiger partial charge in [-0.1, -0.05) is 0 Å². The van der Waals surface area contributed by atoms with Gasteiger partial charge in [0.2, 0.25) is 0 Å². The Labute approximate surface area is 78.4 Å². The number of furan rings is 1. The lowest BCUT2D eigenvalue weighted by Gasteiger charge is -1.98. The number of methoxy groups -OCH3 is 1. The number of hydrogen-bond acceptors (Lipinski definition) is 3. The fourth-order valence-corrected chi connectivity index (χ4v) is 1.04. The number of hydrogen-bond donors (Lipinski definition) is 0. The normalized spacial score (nSPS) is 10.9. The van der Waals surface area contributed by atoms with Gasteiger partial charge in [0.1, 0.15) is 0 Å². The summed E-state index contributed by atoms with van der Waals surface area (Å²) >= 11 is 3.15. The van der Waals surface area contributed by atoms with Gasteiger partial charge in [0.15, 0.2) is 16.2 Å². The summed E-state index contributed by atoms with van der Waals surface area (Å²) in [6, 6.07) is 5.32. The molecule has 0 fully saturated rings. The van der Waals surface area contributed by atoms with E-state index in [4.69, 9.17) is 14.4 Å². The first-order valence-electron chi connectivity index (χ1n) is 3.17. The average molecular weight is 228 g/mol. The molecular weight excluding hydrogens is 222 g/mol. The third-order valence-corrected chi connectivity index (χ3v) is 1.66. The summed E-state index contributed by atoms with van der Waals surface area (Å²) in [5.74, 6) is 0.953. The first kappa shape index (κ1) is 8.88. The van der Waals surface area contributed by atoms with Crippen LogP contribution in [-0.2, 0) is 4.74 Å². The zero-order valence-corrected chi connectivity index (χ0v) is 7.96. The molecule has 0 atom stereocenters. The molecule has 0 N–H and O–H groups in total. The molecule has 0 amide bonds. The maximum absolute atomic E-state index is 8.38. The molecule has 62 valence electrons. The Morgan fingerprint density at radius 2 is 2.50 bits per heavy atom. The van der Waals surface area contributed by atoms with Crippen molar-refractivity contribution in [3.63, 3.8) is 0 Å². The summed E-state index contributed by atoms with van der Waals surface area (Å²) in [6.45, 7) is 0. The van der Waals surface area contributed by atoms with Crippen molar-refractivity contribution in [1.29, 1.82) is 5.26 Å². The lowest BCUT2D eigenvalue weighted by Crippen LogP contribution is -1.82. The van der Waals surface area contributed by atoms with Gasteiger partial charge in [-0.3, -0.25) is 0 Å². The lowest BCUT2D eigenvalue weighted by atomic mass is 10.3. The van der Waals surface area contributed by atoms with Crippen LogP contribution in [0.4, 0.5) is 0 Å². The third kappa shape index (κ3) is 1.89. The van der Waals surface area contributed by atoms with Gasteiger partial charge >= 0.3 is 0 Å². The van der Waals surface area contributed by atoms with E-state index < -0.39 is 0 Å². The zero-order chi connectivity index (χ0) is 8.97. The van der Waals surface area contributed by atoms with Crippen molar-refractivity contribution in [2.75, 3.05) is 7.11 Å². The minimum absolute atomic E-state index is 0.420. The Balaban J connectivity index is 2.97. The van der Waals surface area contributed by atoms with Crippen molar-refractivity contribution >= 4 is 21.7 Å². The van der Waals surface area contributed by atoms with Crippen LogP contribution in [-0.4, -0.2) is 7.11 Å². The van der Waals surface area contributed by atoms with E-state index in [2.05, 4.69) is 15.9 Å². The first-order chi connectivity index (χ1) is 5.77. The highest BCUT2D eigenvalue weighted by Crippen LogP contribution is 2.21. The van der Waals surface area contributed by atoms with Crippen LogP contribution in [0.2, 0.25) is 0 Å². The minimum Gasteiger partial charge on any atom is -0.492 e. The molecule has 0 saturated carbocycles. The van der Waals surface area contributed by atoms with E-state index in [1.165, 1.54) is 13.2 Å². The highest BCUT2D eigenvalue weighted by Gasteiger charge is 2.05. The molecule has 1 heterocycles. The van der Waals surface area contributed by atoms with Crippen LogP contribution in [0.15, 0.2) is 27.3 Å². The molecule has 1 aromatic rings. The molecule has 0 spiro atoms. The number of rotatable bonds is 2. The van der Waals surface area contributed by atoms with E-state index >= 15 is 0 Å². The van der Waals surface area contributed by atoms with E-state index in [1.54, 1.807) is 12.1 Å². The van der Waals surface area contributed by atoms with E-state index in [0.717, 1.165) is 0 Å². The first-order valence-corrected chi connectivity index (χ1v) is 3.96. The molecule has 0 aliphatic rings. The van der Waals surface area contributed by atoms with Crippen LogP contribution in [0.25, 0.3) is 5.76 Å². The van der Waals surface area contributed by atoms with E-state index in [-0.39, 0.29) is 0 Å². The number of nitrogens with zero attached hydrogens (tertiary/aromatic N) is 1. The fraction of sp³-hybridized carbons (Fsp3) is 0.125. The molecule has 4 heteroatoms. The van der Waals surface area contributed by atoms with Crippen LogP contribution in [0.3, 0.4) is 0 Å². The zero-order valence-electron chi connectivity index (χ0n) is 6.37. The van der Waals surface area contributed by atoms with Gasteiger partial charge in [-0.2, -0.15) is 5.26 Å². The van der Waals surface area contributed by atoms with Gasteiger partial charge in [0, 0.05) is 0 Å². The van der Waals surface area contributed by atoms with Gasteiger partial charge < -0.3 is 9.15 Å². The second-order valence-electron chi connectivity index (χ2n) is 1.95. The van der Waals surface area contributed by atoms with Gasteiger partial charge in [0.05, 0.1) is 19.3 Å². The van der Waals surface area contributed by atoms with Gasteiger partial charge in [-0.15, -0.1) is 0 Å². The van der Waals surface area contributed by atoms with Crippen LogP contribution < -0.4 is 0 Å². The highest BCUT2D eigenvalue weighted by molar-refractivity contribution is 9.10. The second kappa shape index (κ2) is 3.98. The number of nitriles is 1. The third-order valence-electron chi connectivity index (χ3n) is 1.23. The van der Waals surface area contributed by atoms with Crippen molar-refractivity contribution in [3.8, 4) is 6.07 Å². The standard InChI is InChI=1S/C8H6BrNO2/c1-11-6(4-5-10)7-2-3-8(9)12-7/h2-4H,1H3/b6-4-. The number of allylic oxidation sites excluding steroid dienone is 1.